The van der Waals surface area contributed by atoms with Crippen LogP contribution in [0.25, 0.3) is 17.1 Å². The van der Waals surface area contributed by atoms with Crippen molar-refractivity contribution in [1.82, 2.24) is 14.4 Å². The lowest BCUT2D eigenvalue weighted by molar-refractivity contribution is 0.579. The predicted octanol–water partition coefficient (Wildman–Crippen LogP) is 3.20. The Bertz CT molecular complexity index is 692. The molecule has 0 fully saturated rings. The average molecular weight is 256 g/mol. The van der Waals surface area contributed by atoms with Gasteiger partial charge in [-0.05, 0) is 32.9 Å². The van der Waals surface area contributed by atoms with Crippen LogP contribution in [0.15, 0.2) is 41.4 Å². The quantitative estimate of drug-likeness (QED) is 0.765. The van der Waals surface area contributed by atoms with Gasteiger partial charge in [-0.1, -0.05) is 0 Å². The summed E-state index contributed by atoms with van der Waals surface area (Å²) in [6.45, 7) is 6.33. The maximum Gasteiger partial charge on any atom is 0.157 e. The summed E-state index contributed by atoms with van der Waals surface area (Å²) in [6.07, 6.45) is 7.02. The van der Waals surface area contributed by atoms with Crippen LogP contribution in [0.3, 0.4) is 0 Å². The van der Waals surface area contributed by atoms with E-state index in [-0.39, 0.29) is 5.54 Å². The molecular formula is C14H16N4O. The second kappa shape index (κ2) is 4.12. The fourth-order valence-electron chi connectivity index (χ4n) is 1.97. The summed E-state index contributed by atoms with van der Waals surface area (Å²) in [4.78, 5) is 8.69. The van der Waals surface area contributed by atoms with E-state index in [4.69, 9.17) is 4.42 Å². The van der Waals surface area contributed by atoms with Crippen LogP contribution in [-0.4, -0.2) is 19.9 Å². The molecule has 19 heavy (non-hydrogen) atoms. The third kappa shape index (κ3) is 2.19. The Kier molecular flexibility index (Phi) is 2.55. The zero-order valence-corrected chi connectivity index (χ0v) is 11.2. The molecule has 3 rings (SSSR count). The van der Waals surface area contributed by atoms with Gasteiger partial charge in [0.2, 0.25) is 0 Å². The van der Waals surface area contributed by atoms with Crippen molar-refractivity contribution in [3.05, 3.63) is 37.0 Å². The molecular weight excluding hydrogens is 240 g/mol. The van der Waals surface area contributed by atoms with Gasteiger partial charge < -0.3 is 9.73 Å². The van der Waals surface area contributed by atoms with Gasteiger partial charge in [0.15, 0.2) is 11.4 Å². The molecule has 0 saturated carbocycles. The summed E-state index contributed by atoms with van der Waals surface area (Å²) in [5.41, 5.74) is 1.52. The largest absolute Gasteiger partial charge is 0.463 e. The molecule has 0 aliphatic heterocycles. The summed E-state index contributed by atoms with van der Waals surface area (Å²) >= 11 is 0. The zero-order valence-electron chi connectivity index (χ0n) is 11.2. The molecule has 0 aromatic carbocycles. The molecule has 3 aromatic rings. The number of imidazole rings is 1. The Labute approximate surface area is 111 Å². The molecule has 0 amide bonds. The fourth-order valence-corrected chi connectivity index (χ4v) is 1.97. The van der Waals surface area contributed by atoms with Crippen LogP contribution in [0.5, 0.6) is 0 Å². The first-order chi connectivity index (χ1) is 9.04. The van der Waals surface area contributed by atoms with Crippen molar-refractivity contribution in [2.24, 2.45) is 0 Å². The Hall–Kier alpha value is -2.30. The second-order valence-electron chi connectivity index (χ2n) is 5.47. The first kappa shape index (κ1) is 11.8. The van der Waals surface area contributed by atoms with Gasteiger partial charge in [0.05, 0.1) is 12.5 Å². The van der Waals surface area contributed by atoms with Crippen molar-refractivity contribution in [1.29, 1.82) is 0 Å². The smallest absolute Gasteiger partial charge is 0.157 e. The second-order valence-corrected chi connectivity index (χ2v) is 5.47. The van der Waals surface area contributed by atoms with Crippen LogP contribution in [-0.2, 0) is 0 Å². The number of anilines is 1. The third-order valence-corrected chi connectivity index (χ3v) is 2.68. The molecule has 5 nitrogen and oxygen atoms in total. The topological polar surface area (TPSA) is 55.4 Å². The minimum Gasteiger partial charge on any atom is -0.463 e. The number of furan rings is 1. The van der Waals surface area contributed by atoms with Gasteiger partial charge in [-0.3, -0.25) is 9.38 Å². The highest BCUT2D eigenvalue weighted by Crippen LogP contribution is 2.30. The van der Waals surface area contributed by atoms with Crippen molar-refractivity contribution >= 4 is 11.5 Å². The van der Waals surface area contributed by atoms with Crippen LogP contribution >= 0.6 is 0 Å². The molecule has 0 unspecified atom stereocenters. The first-order valence-corrected chi connectivity index (χ1v) is 6.19. The van der Waals surface area contributed by atoms with Gasteiger partial charge in [-0.25, -0.2) is 4.98 Å². The summed E-state index contributed by atoms with van der Waals surface area (Å²) in [5.74, 6) is 1.66. The number of hydrogen-bond donors (Lipinski definition) is 1. The van der Waals surface area contributed by atoms with Crippen LogP contribution in [0.4, 0.5) is 5.82 Å². The van der Waals surface area contributed by atoms with Gasteiger partial charge in [0.25, 0.3) is 0 Å². The molecule has 0 saturated heterocycles. The van der Waals surface area contributed by atoms with E-state index >= 15 is 0 Å². The van der Waals surface area contributed by atoms with Crippen molar-refractivity contribution in [2.75, 3.05) is 5.32 Å². The van der Waals surface area contributed by atoms with Crippen LogP contribution in [0.1, 0.15) is 20.8 Å². The molecule has 3 heterocycles. The van der Waals surface area contributed by atoms with Crippen molar-refractivity contribution in [2.45, 2.75) is 26.3 Å². The first-order valence-electron chi connectivity index (χ1n) is 6.19. The molecule has 0 atom stereocenters. The third-order valence-electron chi connectivity index (χ3n) is 2.68. The van der Waals surface area contributed by atoms with E-state index < -0.39 is 0 Å². The van der Waals surface area contributed by atoms with E-state index in [9.17, 15) is 0 Å². The lowest BCUT2D eigenvalue weighted by Crippen LogP contribution is -2.27. The van der Waals surface area contributed by atoms with E-state index in [0.717, 1.165) is 22.9 Å². The molecule has 1 N–H and O–H groups in total. The van der Waals surface area contributed by atoms with Gasteiger partial charge >= 0.3 is 0 Å². The number of aromatic nitrogens is 3. The van der Waals surface area contributed by atoms with E-state index in [1.54, 1.807) is 18.7 Å². The lowest BCUT2D eigenvalue weighted by Gasteiger charge is -2.22. The molecule has 0 aliphatic carbocycles. The summed E-state index contributed by atoms with van der Waals surface area (Å²) < 4.78 is 7.45. The van der Waals surface area contributed by atoms with Gasteiger partial charge in [-0.2, -0.15) is 0 Å². The van der Waals surface area contributed by atoms with E-state index in [0.29, 0.717) is 0 Å². The SMILES string of the molecule is CC(C)(C)Nc1c(-c2ccco2)nc2cnccn12. The molecule has 5 heteroatoms. The summed E-state index contributed by atoms with van der Waals surface area (Å²) in [6, 6.07) is 3.77. The monoisotopic (exact) mass is 256 g/mol. The molecule has 0 aliphatic rings. The molecule has 0 bridgehead atoms. The standard InChI is InChI=1S/C14H16N4O/c1-14(2,3)17-13-12(10-5-4-8-19-10)16-11-9-15-6-7-18(11)13/h4-9,17H,1-3H3. The number of rotatable bonds is 2. The zero-order chi connectivity index (χ0) is 13.5. The van der Waals surface area contributed by atoms with Gasteiger partial charge in [0.1, 0.15) is 11.5 Å². The van der Waals surface area contributed by atoms with Crippen molar-refractivity contribution in [3.63, 3.8) is 0 Å². The summed E-state index contributed by atoms with van der Waals surface area (Å²) in [7, 11) is 0. The molecule has 0 spiro atoms. The number of hydrogen-bond acceptors (Lipinski definition) is 4. The number of nitrogens with one attached hydrogen (secondary N) is 1. The highest BCUT2D eigenvalue weighted by atomic mass is 16.3. The highest BCUT2D eigenvalue weighted by molar-refractivity contribution is 5.73. The number of nitrogens with zero attached hydrogens (tertiary/aromatic N) is 3. The Morgan fingerprint density at radius 2 is 2.16 bits per heavy atom. The normalized spacial score (nSPS) is 11.9. The Morgan fingerprint density at radius 3 is 2.84 bits per heavy atom. The molecule has 3 aromatic heterocycles. The molecule has 0 radical (unpaired) electrons. The minimum atomic E-state index is -0.0689. The van der Waals surface area contributed by atoms with Crippen LogP contribution in [0, 0.1) is 0 Å². The van der Waals surface area contributed by atoms with Crippen molar-refractivity contribution in [3.8, 4) is 11.5 Å². The van der Waals surface area contributed by atoms with E-state index in [1.165, 1.54) is 0 Å². The number of fused-ring (bicyclic) bond motifs is 1. The van der Waals surface area contributed by atoms with E-state index in [2.05, 4.69) is 36.1 Å². The van der Waals surface area contributed by atoms with Crippen molar-refractivity contribution < 1.29 is 4.42 Å². The Balaban J connectivity index is 2.23. The van der Waals surface area contributed by atoms with Gasteiger partial charge in [-0.15, -0.1) is 0 Å². The fraction of sp³-hybridized carbons (Fsp3) is 0.286. The average Bonchev–Trinajstić information content (AvgIpc) is 2.95. The van der Waals surface area contributed by atoms with Crippen LogP contribution < -0.4 is 5.32 Å². The van der Waals surface area contributed by atoms with Gasteiger partial charge in [0, 0.05) is 17.9 Å². The minimum absolute atomic E-state index is 0.0689. The molecule has 98 valence electrons. The summed E-state index contributed by atoms with van der Waals surface area (Å²) in [5, 5.41) is 3.47. The predicted molar refractivity (Wildman–Crippen MR) is 74.1 cm³/mol. The maximum absolute atomic E-state index is 5.47. The highest BCUT2D eigenvalue weighted by Gasteiger charge is 2.20. The van der Waals surface area contributed by atoms with E-state index in [1.807, 2.05) is 22.7 Å². The van der Waals surface area contributed by atoms with Crippen LogP contribution in [0.2, 0.25) is 0 Å². The maximum atomic E-state index is 5.47. The lowest BCUT2D eigenvalue weighted by atomic mass is 10.1. The Morgan fingerprint density at radius 1 is 1.32 bits per heavy atom.